The molecule has 6 nitrogen and oxygen atoms in total. The first-order chi connectivity index (χ1) is 11.2. The third-order valence-electron chi connectivity index (χ3n) is 3.74. The SMILES string of the molecule is Cc1cccc(-c2[nH]c(CN)nc2-c2ccc3c(c2)OCO3)n1. The minimum absolute atomic E-state index is 0.250. The third-order valence-corrected chi connectivity index (χ3v) is 3.74. The zero-order chi connectivity index (χ0) is 15.8. The van der Waals surface area contributed by atoms with Gasteiger partial charge in [-0.1, -0.05) is 6.07 Å². The van der Waals surface area contributed by atoms with Crippen molar-refractivity contribution < 1.29 is 9.47 Å². The number of aryl methyl sites for hydroxylation is 1. The lowest BCUT2D eigenvalue weighted by molar-refractivity contribution is 0.174. The summed E-state index contributed by atoms with van der Waals surface area (Å²) in [5.41, 5.74) is 10.1. The van der Waals surface area contributed by atoms with Crippen molar-refractivity contribution in [2.24, 2.45) is 5.73 Å². The van der Waals surface area contributed by atoms with E-state index in [1.165, 1.54) is 0 Å². The molecule has 0 atom stereocenters. The zero-order valence-electron chi connectivity index (χ0n) is 12.7. The quantitative estimate of drug-likeness (QED) is 0.777. The highest BCUT2D eigenvalue weighted by Gasteiger charge is 2.19. The van der Waals surface area contributed by atoms with E-state index in [0.717, 1.165) is 45.7 Å². The van der Waals surface area contributed by atoms with E-state index in [1.54, 1.807) is 0 Å². The van der Waals surface area contributed by atoms with Crippen LogP contribution in [0.2, 0.25) is 0 Å². The molecule has 116 valence electrons. The van der Waals surface area contributed by atoms with Crippen LogP contribution in [0, 0.1) is 6.92 Å². The van der Waals surface area contributed by atoms with Crippen LogP contribution in [0.25, 0.3) is 22.6 Å². The van der Waals surface area contributed by atoms with Crippen molar-refractivity contribution in [3.05, 3.63) is 47.9 Å². The molecule has 0 unspecified atom stereocenters. The van der Waals surface area contributed by atoms with Gasteiger partial charge in [-0.05, 0) is 37.3 Å². The van der Waals surface area contributed by atoms with Crippen LogP contribution in [0.3, 0.4) is 0 Å². The fourth-order valence-electron chi connectivity index (χ4n) is 2.64. The van der Waals surface area contributed by atoms with Gasteiger partial charge in [-0.15, -0.1) is 0 Å². The van der Waals surface area contributed by atoms with Crippen molar-refractivity contribution in [3.63, 3.8) is 0 Å². The largest absolute Gasteiger partial charge is 0.454 e. The van der Waals surface area contributed by atoms with Crippen LogP contribution in [0.5, 0.6) is 11.5 Å². The number of pyridine rings is 1. The number of fused-ring (bicyclic) bond motifs is 1. The predicted octanol–water partition coefficient (Wildman–Crippen LogP) is 2.63. The summed E-state index contributed by atoms with van der Waals surface area (Å²) >= 11 is 0. The Hall–Kier alpha value is -2.86. The van der Waals surface area contributed by atoms with Gasteiger partial charge in [0.15, 0.2) is 11.5 Å². The van der Waals surface area contributed by atoms with Gasteiger partial charge < -0.3 is 20.2 Å². The van der Waals surface area contributed by atoms with Crippen molar-refractivity contribution in [1.82, 2.24) is 15.0 Å². The Bertz CT molecular complexity index is 873. The fraction of sp³-hybridized carbons (Fsp3) is 0.176. The molecule has 3 aromatic rings. The minimum atomic E-state index is 0.250. The van der Waals surface area contributed by atoms with E-state index in [0.29, 0.717) is 6.54 Å². The number of nitrogens with one attached hydrogen (secondary N) is 1. The van der Waals surface area contributed by atoms with Gasteiger partial charge in [0.1, 0.15) is 5.82 Å². The van der Waals surface area contributed by atoms with Gasteiger partial charge in [-0.3, -0.25) is 4.98 Å². The molecule has 23 heavy (non-hydrogen) atoms. The molecule has 0 saturated carbocycles. The van der Waals surface area contributed by atoms with Crippen LogP contribution in [0.1, 0.15) is 11.5 Å². The van der Waals surface area contributed by atoms with Crippen molar-refractivity contribution in [3.8, 4) is 34.1 Å². The molecule has 0 saturated heterocycles. The van der Waals surface area contributed by atoms with Crippen LogP contribution >= 0.6 is 0 Å². The van der Waals surface area contributed by atoms with E-state index in [-0.39, 0.29) is 6.79 Å². The van der Waals surface area contributed by atoms with Crippen molar-refractivity contribution in [2.45, 2.75) is 13.5 Å². The molecule has 0 fully saturated rings. The average Bonchev–Trinajstić information content (AvgIpc) is 3.20. The molecule has 2 aromatic heterocycles. The maximum absolute atomic E-state index is 5.75. The molecule has 1 aliphatic rings. The number of nitrogens with zero attached hydrogens (tertiary/aromatic N) is 2. The van der Waals surface area contributed by atoms with Gasteiger partial charge in [0.2, 0.25) is 6.79 Å². The monoisotopic (exact) mass is 308 g/mol. The Labute approximate surface area is 133 Å². The van der Waals surface area contributed by atoms with E-state index >= 15 is 0 Å². The summed E-state index contributed by atoms with van der Waals surface area (Å²) in [5, 5.41) is 0. The molecule has 6 heteroatoms. The molecule has 3 N–H and O–H groups in total. The highest BCUT2D eigenvalue weighted by atomic mass is 16.7. The van der Waals surface area contributed by atoms with Gasteiger partial charge in [0.25, 0.3) is 0 Å². The van der Waals surface area contributed by atoms with Crippen LogP contribution < -0.4 is 15.2 Å². The lowest BCUT2D eigenvalue weighted by Crippen LogP contribution is -1.98. The van der Waals surface area contributed by atoms with Gasteiger partial charge in [-0.25, -0.2) is 4.98 Å². The molecule has 1 aliphatic heterocycles. The predicted molar refractivity (Wildman–Crippen MR) is 86.0 cm³/mol. The Balaban J connectivity index is 1.86. The second-order valence-electron chi connectivity index (χ2n) is 5.34. The molecule has 0 aliphatic carbocycles. The van der Waals surface area contributed by atoms with Crippen molar-refractivity contribution in [2.75, 3.05) is 6.79 Å². The molecule has 0 radical (unpaired) electrons. The molecule has 4 rings (SSSR count). The lowest BCUT2D eigenvalue weighted by Gasteiger charge is -2.04. The van der Waals surface area contributed by atoms with Crippen molar-refractivity contribution in [1.29, 1.82) is 0 Å². The molecule has 3 heterocycles. The van der Waals surface area contributed by atoms with E-state index < -0.39 is 0 Å². The molecule has 0 spiro atoms. The number of aromatic nitrogens is 3. The molecular formula is C17H16N4O2. The van der Waals surface area contributed by atoms with E-state index in [2.05, 4.69) is 15.0 Å². The van der Waals surface area contributed by atoms with E-state index in [4.69, 9.17) is 15.2 Å². The maximum atomic E-state index is 5.75. The number of benzene rings is 1. The number of hydrogen-bond acceptors (Lipinski definition) is 5. The summed E-state index contributed by atoms with van der Waals surface area (Å²) < 4.78 is 10.8. The smallest absolute Gasteiger partial charge is 0.231 e. The number of aromatic amines is 1. The summed E-state index contributed by atoms with van der Waals surface area (Å²) in [4.78, 5) is 12.5. The summed E-state index contributed by atoms with van der Waals surface area (Å²) in [5.74, 6) is 2.19. The van der Waals surface area contributed by atoms with E-state index in [1.807, 2.05) is 43.3 Å². The molecular weight excluding hydrogens is 292 g/mol. The minimum Gasteiger partial charge on any atom is -0.454 e. The molecule has 0 amide bonds. The Morgan fingerprint density at radius 1 is 1.13 bits per heavy atom. The first kappa shape index (κ1) is 13.8. The fourth-order valence-corrected chi connectivity index (χ4v) is 2.64. The lowest BCUT2D eigenvalue weighted by atomic mass is 10.1. The Kier molecular flexibility index (Phi) is 3.24. The summed E-state index contributed by atoms with van der Waals surface area (Å²) in [7, 11) is 0. The number of rotatable bonds is 3. The first-order valence-corrected chi connectivity index (χ1v) is 7.37. The summed E-state index contributed by atoms with van der Waals surface area (Å²) in [6.07, 6.45) is 0. The van der Waals surface area contributed by atoms with Gasteiger partial charge in [0, 0.05) is 11.3 Å². The molecule has 1 aromatic carbocycles. The maximum Gasteiger partial charge on any atom is 0.231 e. The third kappa shape index (κ3) is 2.43. The topological polar surface area (TPSA) is 86.1 Å². The number of imidazole rings is 1. The van der Waals surface area contributed by atoms with E-state index in [9.17, 15) is 0 Å². The summed E-state index contributed by atoms with van der Waals surface area (Å²) in [6.45, 7) is 2.55. The highest BCUT2D eigenvalue weighted by molar-refractivity contribution is 5.78. The van der Waals surface area contributed by atoms with Gasteiger partial charge in [-0.2, -0.15) is 0 Å². The number of nitrogens with two attached hydrogens (primary N) is 1. The average molecular weight is 308 g/mol. The Morgan fingerprint density at radius 2 is 2.00 bits per heavy atom. The van der Waals surface area contributed by atoms with Crippen LogP contribution in [-0.2, 0) is 6.54 Å². The van der Waals surface area contributed by atoms with Gasteiger partial charge in [0.05, 0.1) is 23.6 Å². The van der Waals surface area contributed by atoms with Gasteiger partial charge >= 0.3 is 0 Å². The number of ether oxygens (including phenoxy) is 2. The first-order valence-electron chi connectivity index (χ1n) is 7.37. The van der Waals surface area contributed by atoms with Crippen molar-refractivity contribution >= 4 is 0 Å². The standard InChI is InChI=1S/C17H16N4O2/c1-10-3-2-4-12(19-10)17-16(20-15(8-18)21-17)11-5-6-13-14(7-11)23-9-22-13/h2-7H,8-9,18H2,1H3,(H,20,21). The second kappa shape index (κ2) is 5.40. The zero-order valence-corrected chi connectivity index (χ0v) is 12.7. The summed E-state index contributed by atoms with van der Waals surface area (Å²) in [6, 6.07) is 11.7. The number of hydrogen-bond donors (Lipinski definition) is 2. The van der Waals surface area contributed by atoms with Crippen LogP contribution in [0.4, 0.5) is 0 Å². The normalized spacial score (nSPS) is 12.6. The second-order valence-corrected chi connectivity index (χ2v) is 5.34. The Morgan fingerprint density at radius 3 is 2.83 bits per heavy atom. The van der Waals surface area contributed by atoms with Crippen LogP contribution in [-0.4, -0.2) is 21.7 Å². The van der Waals surface area contributed by atoms with Crippen LogP contribution in [0.15, 0.2) is 36.4 Å². The molecule has 0 bridgehead atoms. The number of H-pyrrole nitrogens is 1. The highest BCUT2D eigenvalue weighted by Crippen LogP contribution is 2.37.